The molecule has 27 heavy (non-hydrogen) atoms. The topological polar surface area (TPSA) is 64.4 Å². The molecule has 0 radical (unpaired) electrons. The van der Waals surface area contributed by atoms with Crippen molar-refractivity contribution < 1.29 is 22.8 Å². The molecule has 0 fully saturated rings. The number of para-hydroxylation sites is 1. The second kappa shape index (κ2) is 8.37. The zero-order valence-corrected chi connectivity index (χ0v) is 15.0. The third kappa shape index (κ3) is 4.75. The molecule has 0 unspecified atom stereocenters. The molecule has 0 aliphatic rings. The molecule has 1 heterocycles. The minimum atomic E-state index is -2.95. The number of hydrogen-bond acceptors (Lipinski definition) is 4. The summed E-state index contributed by atoms with van der Waals surface area (Å²) in [6.07, 6.45) is 0. The molecule has 0 aliphatic carbocycles. The number of alkyl halides is 4. The van der Waals surface area contributed by atoms with Gasteiger partial charge in [0.05, 0.1) is 0 Å². The van der Waals surface area contributed by atoms with Gasteiger partial charge < -0.3 is 14.6 Å². The summed E-state index contributed by atoms with van der Waals surface area (Å²) in [5, 5.41) is 6.47. The van der Waals surface area contributed by atoms with Gasteiger partial charge in [0.25, 0.3) is 5.91 Å². The summed E-state index contributed by atoms with van der Waals surface area (Å²) in [5.74, 6) is -0.198. The van der Waals surface area contributed by atoms with E-state index in [1.807, 2.05) is 0 Å². The van der Waals surface area contributed by atoms with Gasteiger partial charge in [0.2, 0.25) is 0 Å². The molecule has 0 spiro atoms. The summed E-state index contributed by atoms with van der Waals surface area (Å²) in [6, 6.07) is 14.6. The number of rotatable bonds is 6. The fraction of sp³-hybridized carbons (Fsp3) is 0.111. The first-order valence-corrected chi connectivity index (χ1v) is 8.51. The number of halogens is 4. The normalized spacial score (nSPS) is 11.0. The average molecular weight is 413 g/mol. The molecule has 5 nitrogen and oxygen atoms in total. The van der Waals surface area contributed by atoms with Crippen LogP contribution in [0.4, 0.5) is 14.5 Å². The summed E-state index contributed by atoms with van der Waals surface area (Å²) >= 11 is 11.0. The molecule has 0 saturated carbocycles. The van der Waals surface area contributed by atoms with E-state index < -0.39 is 17.4 Å². The second-order valence-electron chi connectivity index (χ2n) is 5.32. The molecule has 9 heteroatoms. The summed E-state index contributed by atoms with van der Waals surface area (Å²) in [6.45, 7) is -2.95. The molecule has 140 valence electrons. The highest BCUT2D eigenvalue weighted by Gasteiger charge is 2.16. The first-order chi connectivity index (χ1) is 12.9. The van der Waals surface area contributed by atoms with Crippen molar-refractivity contribution in [3.05, 3.63) is 54.6 Å². The molecule has 0 saturated heterocycles. The summed E-state index contributed by atoms with van der Waals surface area (Å²) in [7, 11) is 0. The molecule has 1 N–H and O–H groups in total. The number of anilines is 1. The minimum Gasteiger partial charge on any atom is -0.434 e. The van der Waals surface area contributed by atoms with Crippen LogP contribution in [0, 0.1) is 0 Å². The van der Waals surface area contributed by atoms with Crippen LogP contribution in [0.15, 0.2) is 59.1 Å². The second-order valence-corrected chi connectivity index (χ2v) is 6.42. The SMILES string of the molecule is O=C(Nc1cccc(-c2cc(-c3ccccc3OC(F)F)no2)c1)C(Cl)Cl. The number of benzene rings is 2. The Morgan fingerprint density at radius 1 is 1.11 bits per heavy atom. The summed E-state index contributed by atoms with van der Waals surface area (Å²) in [4.78, 5) is 10.4. The molecule has 0 atom stereocenters. The van der Waals surface area contributed by atoms with Gasteiger partial charge in [-0.3, -0.25) is 4.79 Å². The van der Waals surface area contributed by atoms with Gasteiger partial charge >= 0.3 is 6.61 Å². The molecule has 1 amide bonds. The predicted molar refractivity (Wildman–Crippen MR) is 98.1 cm³/mol. The van der Waals surface area contributed by atoms with Crippen molar-refractivity contribution in [3.63, 3.8) is 0 Å². The monoisotopic (exact) mass is 412 g/mol. The Hall–Kier alpha value is -2.64. The van der Waals surface area contributed by atoms with Crippen LogP contribution in [0.5, 0.6) is 5.75 Å². The fourth-order valence-electron chi connectivity index (χ4n) is 2.36. The Morgan fingerprint density at radius 3 is 2.63 bits per heavy atom. The van der Waals surface area contributed by atoms with E-state index in [1.165, 1.54) is 6.07 Å². The van der Waals surface area contributed by atoms with Crippen molar-refractivity contribution in [2.75, 3.05) is 5.32 Å². The number of carbonyl (C=O) groups excluding carboxylic acids is 1. The van der Waals surface area contributed by atoms with E-state index in [9.17, 15) is 13.6 Å². The first-order valence-electron chi connectivity index (χ1n) is 7.64. The lowest BCUT2D eigenvalue weighted by Gasteiger charge is -2.07. The Kier molecular flexibility index (Phi) is 5.93. The highest BCUT2D eigenvalue weighted by atomic mass is 35.5. The molecule has 3 aromatic rings. The smallest absolute Gasteiger partial charge is 0.387 e. The zero-order chi connectivity index (χ0) is 19.4. The lowest BCUT2D eigenvalue weighted by molar-refractivity contribution is -0.114. The molecule has 1 aromatic heterocycles. The van der Waals surface area contributed by atoms with E-state index in [1.54, 1.807) is 48.5 Å². The maximum Gasteiger partial charge on any atom is 0.387 e. The van der Waals surface area contributed by atoms with Crippen LogP contribution < -0.4 is 10.1 Å². The van der Waals surface area contributed by atoms with Crippen LogP contribution in [-0.2, 0) is 4.79 Å². The van der Waals surface area contributed by atoms with Crippen LogP contribution in [0.2, 0.25) is 0 Å². The van der Waals surface area contributed by atoms with Gasteiger partial charge in [0, 0.05) is 22.9 Å². The Balaban J connectivity index is 1.88. The third-order valence-electron chi connectivity index (χ3n) is 3.50. The first kappa shape index (κ1) is 19.1. The largest absolute Gasteiger partial charge is 0.434 e. The van der Waals surface area contributed by atoms with Crippen molar-refractivity contribution >= 4 is 34.8 Å². The zero-order valence-electron chi connectivity index (χ0n) is 13.5. The lowest BCUT2D eigenvalue weighted by atomic mass is 10.1. The minimum absolute atomic E-state index is 0.0105. The fourth-order valence-corrected chi connectivity index (χ4v) is 2.47. The quantitative estimate of drug-likeness (QED) is 0.554. The van der Waals surface area contributed by atoms with Gasteiger partial charge in [-0.05, 0) is 24.3 Å². The van der Waals surface area contributed by atoms with Crippen molar-refractivity contribution in [2.45, 2.75) is 11.4 Å². The van der Waals surface area contributed by atoms with Crippen LogP contribution in [-0.4, -0.2) is 22.5 Å². The number of ether oxygens (including phenoxy) is 1. The van der Waals surface area contributed by atoms with E-state index in [2.05, 4.69) is 15.2 Å². The standard InChI is InChI=1S/C18H12Cl2F2N2O3/c19-16(20)17(25)23-11-5-3-4-10(8-11)15-9-13(24-27-15)12-6-1-2-7-14(12)26-18(21)22/h1-9,16,18H,(H,23,25). The van der Waals surface area contributed by atoms with Crippen molar-refractivity contribution in [1.82, 2.24) is 5.16 Å². The average Bonchev–Trinajstić information content (AvgIpc) is 3.12. The van der Waals surface area contributed by atoms with E-state index >= 15 is 0 Å². The number of aromatic nitrogens is 1. The molecular formula is C18H12Cl2F2N2O3. The van der Waals surface area contributed by atoms with E-state index in [4.69, 9.17) is 27.7 Å². The molecule has 0 aliphatic heterocycles. The predicted octanol–water partition coefficient (Wildman–Crippen LogP) is 5.35. The molecular weight excluding hydrogens is 401 g/mol. The van der Waals surface area contributed by atoms with E-state index in [0.29, 0.717) is 28.3 Å². The maximum atomic E-state index is 12.6. The third-order valence-corrected chi connectivity index (χ3v) is 3.90. The van der Waals surface area contributed by atoms with Gasteiger partial charge in [-0.25, -0.2) is 0 Å². The van der Waals surface area contributed by atoms with Gasteiger partial charge in [0.15, 0.2) is 10.6 Å². The number of carbonyl (C=O) groups is 1. The Morgan fingerprint density at radius 2 is 1.89 bits per heavy atom. The van der Waals surface area contributed by atoms with Gasteiger partial charge in [-0.1, -0.05) is 52.6 Å². The maximum absolute atomic E-state index is 12.6. The van der Waals surface area contributed by atoms with Crippen LogP contribution in [0.25, 0.3) is 22.6 Å². The van der Waals surface area contributed by atoms with Crippen LogP contribution in [0.3, 0.4) is 0 Å². The van der Waals surface area contributed by atoms with E-state index in [-0.39, 0.29) is 5.75 Å². The molecule has 3 rings (SSSR count). The van der Waals surface area contributed by atoms with Crippen molar-refractivity contribution in [1.29, 1.82) is 0 Å². The van der Waals surface area contributed by atoms with Gasteiger partial charge in [0.1, 0.15) is 11.4 Å². The number of amides is 1. The van der Waals surface area contributed by atoms with E-state index in [0.717, 1.165) is 0 Å². The molecule has 0 bridgehead atoms. The Labute approximate surface area is 162 Å². The van der Waals surface area contributed by atoms with Gasteiger partial charge in [-0.2, -0.15) is 8.78 Å². The van der Waals surface area contributed by atoms with Gasteiger partial charge in [-0.15, -0.1) is 0 Å². The number of nitrogens with one attached hydrogen (secondary N) is 1. The highest BCUT2D eigenvalue weighted by Crippen LogP contribution is 2.33. The van der Waals surface area contributed by atoms with Crippen LogP contribution in [0.1, 0.15) is 0 Å². The molecule has 2 aromatic carbocycles. The number of hydrogen-bond donors (Lipinski definition) is 1. The summed E-state index contributed by atoms with van der Waals surface area (Å²) < 4.78 is 35.0. The highest BCUT2D eigenvalue weighted by molar-refractivity contribution is 6.54. The summed E-state index contributed by atoms with van der Waals surface area (Å²) in [5.41, 5.74) is 1.77. The number of nitrogens with zero attached hydrogens (tertiary/aromatic N) is 1. The van der Waals surface area contributed by atoms with Crippen molar-refractivity contribution in [2.24, 2.45) is 0 Å². The lowest BCUT2D eigenvalue weighted by Crippen LogP contribution is -2.18. The van der Waals surface area contributed by atoms with Crippen molar-refractivity contribution in [3.8, 4) is 28.3 Å². The van der Waals surface area contributed by atoms with Crippen LogP contribution >= 0.6 is 23.2 Å². The Bertz CT molecular complexity index is 948.